The third-order valence-electron chi connectivity index (χ3n) is 6.12. The number of ketones is 1. The van der Waals surface area contributed by atoms with Crippen LogP contribution in [0.5, 0.6) is 5.75 Å². The molecule has 170 valence electrons. The summed E-state index contributed by atoms with van der Waals surface area (Å²) in [6.07, 6.45) is 3.51. The molecule has 4 rings (SSSR count). The van der Waals surface area contributed by atoms with Gasteiger partial charge in [-0.25, -0.2) is 9.97 Å². The number of aryl methyl sites for hydroxylation is 1. The Kier molecular flexibility index (Phi) is 5.99. The number of likely N-dealkylation sites (N-methyl/N-ethyl adjacent to an activating group) is 1. The van der Waals surface area contributed by atoms with Gasteiger partial charge in [-0.3, -0.25) is 9.59 Å². The number of nitrogens with zero attached hydrogens (tertiary/aromatic N) is 4. The van der Waals surface area contributed by atoms with E-state index in [4.69, 9.17) is 9.72 Å². The van der Waals surface area contributed by atoms with Gasteiger partial charge < -0.3 is 20.3 Å². The molecule has 1 fully saturated rings. The first-order valence-electron chi connectivity index (χ1n) is 11.0. The van der Waals surface area contributed by atoms with Crippen LogP contribution in [0.3, 0.4) is 0 Å². The van der Waals surface area contributed by atoms with Crippen molar-refractivity contribution < 1.29 is 14.3 Å². The van der Waals surface area contributed by atoms with Crippen LogP contribution >= 0.6 is 0 Å². The minimum absolute atomic E-state index is 0.0182. The molecule has 2 N–H and O–H groups in total. The van der Waals surface area contributed by atoms with E-state index in [9.17, 15) is 9.59 Å². The van der Waals surface area contributed by atoms with Gasteiger partial charge >= 0.3 is 0 Å². The van der Waals surface area contributed by atoms with Crippen molar-refractivity contribution in [2.45, 2.75) is 52.6 Å². The average molecular weight is 439 g/mol. The van der Waals surface area contributed by atoms with Gasteiger partial charge in [0, 0.05) is 20.0 Å². The number of pyridine rings is 1. The van der Waals surface area contributed by atoms with E-state index in [2.05, 4.69) is 20.6 Å². The first-order valence-corrected chi connectivity index (χ1v) is 11.0. The third-order valence-corrected chi connectivity index (χ3v) is 6.12. The zero-order chi connectivity index (χ0) is 23.0. The number of anilines is 3. The summed E-state index contributed by atoms with van der Waals surface area (Å²) in [5, 5.41) is 6.40. The lowest BCUT2D eigenvalue weighted by atomic mass is 9.81. The molecule has 1 atom stereocenters. The number of fused-ring (bicyclic) bond motifs is 1. The van der Waals surface area contributed by atoms with Gasteiger partial charge in [0.25, 0.3) is 0 Å². The molecule has 3 heterocycles. The van der Waals surface area contributed by atoms with Crippen LogP contribution in [0.4, 0.5) is 17.5 Å². The molecule has 1 amide bonds. The summed E-state index contributed by atoms with van der Waals surface area (Å²) < 4.78 is 5.82. The summed E-state index contributed by atoms with van der Waals surface area (Å²) in [4.78, 5) is 39.1. The fourth-order valence-electron chi connectivity index (χ4n) is 4.34. The largest absolute Gasteiger partial charge is 0.492 e. The highest BCUT2D eigenvalue weighted by atomic mass is 16.5. The number of aromatic nitrogens is 3. The topological polar surface area (TPSA) is 109 Å². The summed E-state index contributed by atoms with van der Waals surface area (Å²) >= 11 is 0. The molecule has 0 saturated heterocycles. The molecule has 2 aromatic rings. The molecule has 1 aliphatic heterocycles. The van der Waals surface area contributed by atoms with E-state index in [-0.39, 0.29) is 29.7 Å². The van der Waals surface area contributed by atoms with E-state index in [1.165, 1.54) is 6.92 Å². The van der Waals surface area contributed by atoms with Gasteiger partial charge in [0.1, 0.15) is 23.2 Å². The van der Waals surface area contributed by atoms with E-state index in [1.54, 1.807) is 18.3 Å². The molecule has 0 aromatic carbocycles. The lowest BCUT2D eigenvalue weighted by Crippen LogP contribution is -2.50. The summed E-state index contributed by atoms with van der Waals surface area (Å²) in [5.74, 6) is 2.53. The smallest absolute Gasteiger partial charge is 0.247 e. The molecule has 1 saturated carbocycles. The highest BCUT2D eigenvalue weighted by Crippen LogP contribution is 2.35. The van der Waals surface area contributed by atoms with Crippen LogP contribution in [-0.4, -0.2) is 52.4 Å². The Morgan fingerprint density at radius 3 is 2.69 bits per heavy atom. The summed E-state index contributed by atoms with van der Waals surface area (Å²) in [5.41, 5.74) is 1.88. The third kappa shape index (κ3) is 4.37. The van der Waals surface area contributed by atoms with Gasteiger partial charge in [-0.2, -0.15) is 4.98 Å². The number of ether oxygens (including phenoxy) is 1. The number of carbonyl (C=O) groups excluding carboxylic acids is 2. The molecule has 9 nitrogen and oxygen atoms in total. The maximum atomic E-state index is 12.5. The van der Waals surface area contributed by atoms with Crippen molar-refractivity contribution in [2.24, 2.45) is 11.8 Å². The fourth-order valence-corrected chi connectivity index (χ4v) is 4.34. The minimum atomic E-state index is -0.256. The van der Waals surface area contributed by atoms with Gasteiger partial charge in [0.05, 0.1) is 18.5 Å². The van der Waals surface area contributed by atoms with Crippen molar-refractivity contribution in [3.63, 3.8) is 0 Å². The van der Waals surface area contributed by atoms with E-state index in [0.29, 0.717) is 35.6 Å². The first kappa shape index (κ1) is 22.0. The molecule has 2 aromatic heterocycles. The number of amides is 1. The summed E-state index contributed by atoms with van der Waals surface area (Å²) in [6.45, 7) is 8.05. The maximum Gasteiger partial charge on any atom is 0.247 e. The van der Waals surface area contributed by atoms with Crippen molar-refractivity contribution in [1.29, 1.82) is 0 Å². The Labute approximate surface area is 188 Å². The number of nitrogens with one attached hydrogen (secondary N) is 2. The highest BCUT2D eigenvalue weighted by Gasteiger charge is 2.36. The molecule has 32 heavy (non-hydrogen) atoms. The van der Waals surface area contributed by atoms with E-state index < -0.39 is 0 Å². The second-order valence-electron chi connectivity index (χ2n) is 9.05. The standard InChI is InChI=1S/C23H30N6O3/c1-12(2)20-22(31)27-19-13(3)25-23(28-21(19)29(20)5)26-16-8-15(9-16)11-32-17-6-7-18(14(4)30)24-10-17/h6-7,10,12,15-16,20H,8-9,11H2,1-5H3,(H,27,31)(H,25,26,28)/t15?,16?,20-/m0/s1. The van der Waals surface area contributed by atoms with E-state index >= 15 is 0 Å². The Bertz CT molecular complexity index is 1020. The predicted octanol–water partition coefficient (Wildman–Crippen LogP) is 3.07. The molecular formula is C23H30N6O3. The van der Waals surface area contributed by atoms with Crippen molar-refractivity contribution in [3.05, 3.63) is 29.7 Å². The number of carbonyl (C=O) groups is 2. The Morgan fingerprint density at radius 2 is 2.06 bits per heavy atom. The molecule has 9 heteroatoms. The van der Waals surface area contributed by atoms with Crippen molar-refractivity contribution in [3.8, 4) is 5.75 Å². The van der Waals surface area contributed by atoms with Gasteiger partial charge in [-0.15, -0.1) is 0 Å². The summed E-state index contributed by atoms with van der Waals surface area (Å²) in [7, 11) is 1.91. The summed E-state index contributed by atoms with van der Waals surface area (Å²) in [6, 6.07) is 3.49. The number of rotatable bonds is 7. The second-order valence-corrected chi connectivity index (χ2v) is 9.05. The van der Waals surface area contributed by atoms with Crippen LogP contribution in [0.15, 0.2) is 18.3 Å². The van der Waals surface area contributed by atoms with Gasteiger partial charge in [0.15, 0.2) is 11.6 Å². The first-order chi connectivity index (χ1) is 15.2. The molecule has 1 aliphatic carbocycles. The average Bonchev–Trinajstić information content (AvgIpc) is 2.70. The second kappa shape index (κ2) is 8.72. The Balaban J connectivity index is 1.33. The van der Waals surface area contributed by atoms with Crippen LogP contribution < -0.4 is 20.3 Å². The van der Waals surface area contributed by atoms with Crippen LogP contribution in [0.1, 0.15) is 49.8 Å². The zero-order valence-electron chi connectivity index (χ0n) is 19.2. The molecule has 0 unspecified atom stereocenters. The monoisotopic (exact) mass is 438 g/mol. The van der Waals surface area contributed by atoms with Crippen LogP contribution in [0, 0.1) is 18.8 Å². The quantitative estimate of drug-likeness (QED) is 0.635. The van der Waals surface area contributed by atoms with Crippen molar-refractivity contribution in [1.82, 2.24) is 15.0 Å². The predicted molar refractivity (Wildman–Crippen MR) is 122 cm³/mol. The maximum absolute atomic E-state index is 12.5. The number of hydrogen-bond acceptors (Lipinski definition) is 8. The van der Waals surface area contributed by atoms with Crippen LogP contribution in [0.25, 0.3) is 0 Å². The van der Waals surface area contributed by atoms with Gasteiger partial charge in [-0.05, 0) is 43.7 Å². The molecular weight excluding hydrogens is 408 g/mol. The Hall–Kier alpha value is -3.23. The molecule has 2 aliphatic rings. The van der Waals surface area contributed by atoms with Crippen molar-refractivity contribution in [2.75, 3.05) is 29.2 Å². The minimum Gasteiger partial charge on any atom is -0.492 e. The van der Waals surface area contributed by atoms with Crippen molar-refractivity contribution >= 4 is 29.1 Å². The van der Waals surface area contributed by atoms with Gasteiger partial charge in [-0.1, -0.05) is 13.8 Å². The zero-order valence-corrected chi connectivity index (χ0v) is 19.2. The number of hydrogen-bond donors (Lipinski definition) is 2. The molecule has 0 radical (unpaired) electrons. The van der Waals surface area contributed by atoms with Crippen LogP contribution in [0.2, 0.25) is 0 Å². The lowest BCUT2D eigenvalue weighted by molar-refractivity contribution is -0.118. The van der Waals surface area contributed by atoms with E-state index in [1.807, 2.05) is 32.7 Å². The lowest BCUT2D eigenvalue weighted by Gasteiger charge is -2.38. The number of Topliss-reactive ketones (excluding diaryl/α,β-unsaturated/α-hetero) is 1. The van der Waals surface area contributed by atoms with Crippen LogP contribution in [-0.2, 0) is 4.79 Å². The normalized spacial score (nSPS) is 22.1. The molecule has 0 bridgehead atoms. The SMILES string of the molecule is CC(=O)c1ccc(OCC2CC(Nc3nc(C)c4c(n3)N(C)[C@@H](C(C)C)C(=O)N4)C2)cn1. The Morgan fingerprint density at radius 1 is 1.31 bits per heavy atom. The van der Waals surface area contributed by atoms with Gasteiger partial charge in [0.2, 0.25) is 11.9 Å². The molecule has 0 spiro atoms. The fraction of sp³-hybridized carbons (Fsp3) is 0.522. The highest BCUT2D eigenvalue weighted by molar-refractivity contribution is 6.03. The van der Waals surface area contributed by atoms with E-state index in [0.717, 1.165) is 24.4 Å².